The lowest BCUT2D eigenvalue weighted by Gasteiger charge is -2.34. The molecule has 1 aromatic heterocycles. The Morgan fingerprint density at radius 2 is 1.10 bits per heavy atom. The van der Waals surface area contributed by atoms with Crippen LogP contribution in [0.4, 0.5) is 0 Å². The zero-order chi connectivity index (χ0) is 27.9. The molecule has 1 aliphatic heterocycles. The Bertz CT molecular complexity index is 1940. The van der Waals surface area contributed by atoms with E-state index in [4.69, 9.17) is 9.72 Å². The Balaban J connectivity index is 1.31. The Kier molecular flexibility index (Phi) is 5.87. The minimum absolute atomic E-state index is 0.503. The van der Waals surface area contributed by atoms with Gasteiger partial charge in [0.15, 0.2) is 8.07 Å². The molecule has 7 aromatic rings. The molecule has 0 fully saturated rings. The van der Waals surface area contributed by atoms with Gasteiger partial charge in [-0.3, -0.25) is 4.57 Å². The number of imidazole rings is 1. The molecule has 0 amide bonds. The first-order valence-corrected chi connectivity index (χ1v) is 16.3. The van der Waals surface area contributed by atoms with E-state index in [1.54, 1.807) is 0 Å². The molecule has 200 valence electrons. The molecule has 3 nitrogen and oxygen atoms in total. The summed E-state index contributed by atoms with van der Waals surface area (Å²) in [5, 5.41) is 5.48. The molecule has 42 heavy (non-hydrogen) atoms. The van der Waals surface area contributed by atoms with Crippen LogP contribution in [0.15, 0.2) is 158 Å². The maximum atomic E-state index is 6.14. The predicted octanol–water partition coefficient (Wildman–Crippen LogP) is 5.96. The van der Waals surface area contributed by atoms with E-state index >= 15 is 0 Å². The fourth-order valence-corrected chi connectivity index (χ4v) is 11.4. The SMILES string of the molecule is c1ccc([Si](c2ccccc2)(c2ccccc2)c2cccc(-c3ccc4c(c3)COc3nc5ccccc5n3-4)c2)cc1. The molecule has 2 heterocycles. The molecule has 8 rings (SSSR count). The molecule has 1 aliphatic rings. The lowest BCUT2D eigenvalue weighted by atomic mass is 10.0. The smallest absolute Gasteiger partial charge is 0.302 e. The fourth-order valence-electron chi connectivity index (χ4n) is 6.57. The Morgan fingerprint density at radius 1 is 0.524 bits per heavy atom. The van der Waals surface area contributed by atoms with Gasteiger partial charge in [-0.2, -0.15) is 4.98 Å². The van der Waals surface area contributed by atoms with Gasteiger partial charge in [0.2, 0.25) is 0 Å². The molecule has 0 bridgehead atoms. The molecule has 4 heteroatoms. The maximum absolute atomic E-state index is 6.14. The first-order valence-electron chi connectivity index (χ1n) is 14.3. The van der Waals surface area contributed by atoms with Crippen LogP contribution in [0.1, 0.15) is 5.56 Å². The second-order valence-corrected chi connectivity index (χ2v) is 14.6. The number of aromatic nitrogens is 2. The highest BCUT2D eigenvalue weighted by molar-refractivity contribution is 7.19. The summed E-state index contributed by atoms with van der Waals surface area (Å²) in [6.07, 6.45) is 0. The second-order valence-electron chi connectivity index (χ2n) is 10.8. The van der Waals surface area contributed by atoms with E-state index in [9.17, 15) is 0 Å². The van der Waals surface area contributed by atoms with Crippen LogP contribution in [0.25, 0.3) is 27.8 Å². The molecule has 0 atom stereocenters. The van der Waals surface area contributed by atoms with E-state index in [1.165, 1.54) is 31.9 Å². The molecule has 6 aromatic carbocycles. The standard InChI is InChI=1S/C38H28N2OSi/c1-4-14-31(15-5-1)42(32-16-6-2-7-17-32,33-18-8-3-9-19-33)34-20-12-13-28(26-34)29-23-24-36-30(25-29)27-41-38-39-35-21-10-11-22-37(35)40(36)38/h1-26H,27H2. The van der Waals surface area contributed by atoms with Crippen molar-refractivity contribution < 1.29 is 4.74 Å². The van der Waals surface area contributed by atoms with Crippen LogP contribution in [-0.4, -0.2) is 17.6 Å². The lowest BCUT2D eigenvalue weighted by molar-refractivity contribution is 0.266. The first kappa shape index (κ1) is 24.6. The number of hydrogen-bond acceptors (Lipinski definition) is 2. The van der Waals surface area contributed by atoms with E-state index in [2.05, 4.69) is 144 Å². The maximum Gasteiger partial charge on any atom is 0.302 e. The first-order chi connectivity index (χ1) is 20.8. The van der Waals surface area contributed by atoms with Crippen LogP contribution in [-0.2, 0) is 6.61 Å². The third-order valence-electron chi connectivity index (χ3n) is 8.46. The summed E-state index contributed by atoms with van der Waals surface area (Å²) in [5.74, 6) is 0. The van der Waals surface area contributed by atoms with Crippen molar-refractivity contribution in [1.82, 2.24) is 9.55 Å². The molecular weight excluding hydrogens is 529 g/mol. The van der Waals surface area contributed by atoms with Gasteiger partial charge in [0.05, 0.1) is 16.7 Å². The average Bonchev–Trinajstić information content (AvgIpc) is 3.46. The molecule has 0 saturated carbocycles. The van der Waals surface area contributed by atoms with E-state index in [-0.39, 0.29) is 0 Å². The van der Waals surface area contributed by atoms with Gasteiger partial charge >= 0.3 is 6.01 Å². The largest absolute Gasteiger partial charge is 0.459 e. The minimum atomic E-state index is -2.60. The van der Waals surface area contributed by atoms with E-state index in [0.717, 1.165) is 22.3 Å². The Hall–Kier alpha value is -5.19. The average molecular weight is 557 g/mol. The third-order valence-corrected chi connectivity index (χ3v) is 13.2. The second kappa shape index (κ2) is 10.0. The number of rotatable bonds is 5. The Morgan fingerprint density at radius 3 is 1.76 bits per heavy atom. The van der Waals surface area contributed by atoms with Crippen molar-refractivity contribution in [2.75, 3.05) is 0 Å². The normalized spacial score (nSPS) is 12.4. The quantitative estimate of drug-likeness (QED) is 0.193. The highest BCUT2D eigenvalue weighted by Gasteiger charge is 2.41. The van der Waals surface area contributed by atoms with Crippen molar-refractivity contribution in [3.8, 4) is 22.8 Å². The molecule has 0 unspecified atom stereocenters. The van der Waals surface area contributed by atoms with Gasteiger partial charge in [-0.05, 0) is 56.1 Å². The van der Waals surface area contributed by atoms with Crippen LogP contribution in [0.5, 0.6) is 6.01 Å². The number of fused-ring (bicyclic) bond motifs is 5. The summed E-state index contributed by atoms with van der Waals surface area (Å²) >= 11 is 0. The molecule has 0 radical (unpaired) electrons. The fraction of sp³-hybridized carbons (Fsp3) is 0.0263. The van der Waals surface area contributed by atoms with Crippen LogP contribution in [0.2, 0.25) is 0 Å². The number of hydrogen-bond donors (Lipinski definition) is 0. The molecular formula is C38H28N2OSi. The van der Waals surface area contributed by atoms with Gasteiger partial charge in [-0.15, -0.1) is 0 Å². The highest BCUT2D eigenvalue weighted by atomic mass is 28.3. The highest BCUT2D eigenvalue weighted by Crippen LogP contribution is 2.34. The molecule has 0 N–H and O–H groups in total. The number of benzene rings is 6. The third kappa shape index (κ3) is 3.84. The van der Waals surface area contributed by atoms with Gasteiger partial charge in [-0.25, -0.2) is 0 Å². The molecule has 0 spiro atoms. The van der Waals surface area contributed by atoms with Crippen molar-refractivity contribution in [1.29, 1.82) is 0 Å². The van der Waals surface area contributed by atoms with Gasteiger partial charge in [0, 0.05) is 5.56 Å². The van der Waals surface area contributed by atoms with Crippen LogP contribution < -0.4 is 25.5 Å². The van der Waals surface area contributed by atoms with Gasteiger partial charge in [0.1, 0.15) is 6.61 Å². The van der Waals surface area contributed by atoms with Crippen molar-refractivity contribution >= 4 is 39.9 Å². The number of ether oxygens (including phenoxy) is 1. The lowest BCUT2D eigenvalue weighted by Crippen LogP contribution is -2.74. The van der Waals surface area contributed by atoms with E-state index in [1.807, 2.05) is 18.2 Å². The van der Waals surface area contributed by atoms with E-state index in [0.29, 0.717) is 12.6 Å². The van der Waals surface area contributed by atoms with Crippen molar-refractivity contribution in [3.63, 3.8) is 0 Å². The van der Waals surface area contributed by atoms with Gasteiger partial charge < -0.3 is 4.74 Å². The minimum Gasteiger partial charge on any atom is -0.459 e. The monoisotopic (exact) mass is 556 g/mol. The van der Waals surface area contributed by atoms with Crippen LogP contribution in [0.3, 0.4) is 0 Å². The van der Waals surface area contributed by atoms with Crippen molar-refractivity contribution in [2.45, 2.75) is 6.61 Å². The zero-order valence-corrected chi connectivity index (χ0v) is 24.0. The van der Waals surface area contributed by atoms with Crippen molar-refractivity contribution in [3.05, 3.63) is 163 Å². The zero-order valence-electron chi connectivity index (χ0n) is 23.0. The topological polar surface area (TPSA) is 27.1 Å². The summed E-state index contributed by atoms with van der Waals surface area (Å²) < 4.78 is 8.27. The summed E-state index contributed by atoms with van der Waals surface area (Å²) in [4.78, 5) is 4.70. The predicted molar refractivity (Wildman–Crippen MR) is 174 cm³/mol. The summed E-state index contributed by atoms with van der Waals surface area (Å²) in [6, 6.07) is 58.0. The van der Waals surface area contributed by atoms with Crippen molar-refractivity contribution in [2.24, 2.45) is 0 Å². The van der Waals surface area contributed by atoms with Gasteiger partial charge in [0.25, 0.3) is 0 Å². The summed E-state index contributed by atoms with van der Waals surface area (Å²) in [5.41, 5.74) is 6.69. The Labute approximate surface area is 246 Å². The summed E-state index contributed by atoms with van der Waals surface area (Å²) in [6.45, 7) is 0.503. The number of nitrogens with zero attached hydrogens (tertiary/aromatic N) is 2. The molecule has 0 aliphatic carbocycles. The van der Waals surface area contributed by atoms with Crippen LogP contribution in [0, 0.1) is 0 Å². The van der Waals surface area contributed by atoms with E-state index < -0.39 is 8.07 Å². The summed E-state index contributed by atoms with van der Waals surface area (Å²) in [7, 11) is -2.60. The molecule has 0 saturated heterocycles. The van der Waals surface area contributed by atoms with Crippen LogP contribution >= 0.6 is 0 Å². The van der Waals surface area contributed by atoms with Gasteiger partial charge in [-0.1, -0.05) is 133 Å². The number of para-hydroxylation sites is 2.